The van der Waals surface area contributed by atoms with Crippen molar-refractivity contribution >= 4 is 10.0 Å². The van der Waals surface area contributed by atoms with Crippen LogP contribution in [0.15, 0.2) is 35.4 Å². The van der Waals surface area contributed by atoms with Gasteiger partial charge in [0.2, 0.25) is 10.0 Å². The Balaban J connectivity index is 1.96. The lowest BCUT2D eigenvalue weighted by molar-refractivity contribution is 0.386. The van der Waals surface area contributed by atoms with Crippen LogP contribution in [0, 0.1) is 13.8 Å². The third-order valence-electron chi connectivity index (χ3n) is 3.73. The highest BCUT2D eigenvalue weighted by atomic mass is 32.2. The Bertz CT molecular complexity index is 787. The van der Waals surface area contributed by atoms with Crippen LogP contribution in [0.3, 0.4) is 0 Å². The Morgan fingerprint density at radius 1 is 1.19 bits per heavy atom. The van der Waals surface area contributed by atoms with Crippen molar-refractivity contribution < 1.29 is 8.42 Å². The van der Waals surface area contributed by atoms with Gasteiger partial charge < -0.3 is 0 Å². The van der Waals surface area contributed by atoms with E-state index in [1.165, 1.54) is 4.31 Å². The minimum absolute atomic E-state index is 0.340. The molecule has 0 aliphatic carbocycles. The molecule has 21 heavy (non-hydrogen) atoms. The molecule has 1 aromatic carbocycles. The number of benzene rings is 1. The summed E-state index contributed by atoms with van der Waals surface area (Å²) in [6.07, 6.45) is 2.36. The Labute approximate surface area is 124 Å². The van der Waals surface area contributed by atoms with E-state index in [1.54, 1.807) is 18.3 Å². The molecular formula is C15H17N3O2S. The van der Waals surface area contributed by atoms with E-state index in [9.17, 15) is 8.42 Å². The number of sulfonamides is 1. The molecular weight excluding hydrogens is 286 g/mol. The second-order valence-electron chi connectivity index (χ2n) is 5.24. The summed E-state index contributed by atoms with van der Waals surface area (Å²) in [6, 6.07) is 7.07. The van der Waals surface area contributed by atoms with Crippen molar-refractivity contribution in [2.75, 3.05) is 6.54 Å². The zero-order chi connectivity index (χ0) is 15.0. The van der Waals surface area contributed by atoms with Gasteiger partial charge in [-0.3, -0.25) is 0 Å². The van der Waals surface area contributed by atoms with Crippen LogP contribution in [-0.2, 0) is 23.0 Å². The molecule has 0 amide bonds. The summed E-state index contributed by atoms with van der Waals surface area (Å²) < 4.78 is 27.1. The average Bonchev–Trinajstić information content (AvgIpc) is 2.47. The monoisotopic (exact) mass is 303 g/mol. The highest BCUT2D eigenvalue weighted by Crippen LogP contribution is 2.25. The molecule has 1 aliphatic heterocycles. The van der Waals surface area contributed by atoms with Crippen LogP contribution in [0.1, 0.15) is 22.6 Å². The van der Waals surface area contributed by atoms with E-state index < -0.39 is 10.0 Å². The van der Waals surface area contributed by atoms with Gasteiger partial charge in [0.15, 0.2) is 0 Å². The molecule has 5 nitrogen and oxygen atoms in total. The summed E-state index contributed by atoms with van der Waals surface area (Å²) in [4.78, 5) is 8.93. The first-order valence-corrected chi connectivity index (χ1v) is 8.29. The highest BCUT2D eigenvalue weighted by molar-refractivity contribution is 7.89. The van der Waals surface area contributed by atoms with E-state index in [-0.39, 0.29) is 0 Å². The lowest BCUT2D eigenvalue weighted by Gasteiger charge is -2.27. The van der Waals surface area contributed by atoms with Crippen molar-refractivity contribution in [2.45, 2.75) is 31.7 Å². The van der Waals surface area contributed by atoms with Crippen LogP contribution in [0.4, 0.5) is 0 Å². The fourth-order valence-electron chi connectivity index (χ4n) is 2.58. The van der Waals surface area contributed by atoms with Crippen LogP contribution in [0.2, 0.25) is 0 Å². The Hall–Kier alpha value is -1.79. The van der Waals surface area contributed by atoms with Crippen LogP contribution in [0.5, 0.6) is 0 Å². The molecule has 0 spiro atoms. The van der Waals surface area contributed by atoms with Crippen LogP contribution < -0.4 is 0 Å². The molecule has 6 heteroatoms. The van der Waals surface area contributed by atoms with Gasteiger partial charge in [-0.2, -0.15) is 4.31 Å². The Kier molecular flexibility index (Phi) is 3.51. The number of rotatable bonds is 2. The molecule has 2 heterocycles. The first-order chi connectivity index (χ1) is 9.98. The van der Waals surface area contributed by atoms with E-state index in [2.05, 4.69) is 9.97 Å². The molecule has 3 rings (SSSR count). The summed E-state index contributed by atoms with van der Waals surface area (Å²) in [5, 5.41) is 0. The third kappa shape index (κ3) is 2.56. The van der Waals surface area contributed by atoms with E-state index in [0.29, 0.717) is 24.4 Å². The molecule has 1 aliphatic rings. The lowest BCUT2D eigenvalue weighted by Crippen LogP contribution is -2.36. The number of aryl methyl sites for hydroxylation is 2. The maximum absolute atomic E-state index is 12.8. The predicted molar refractivity (Wildman–Crippen MR) is 79.2 cm³/mol. The van der Waals surface area contributed by atoms with E-state index >= 15 is 0 Å². The van der Waals surface area contributed by atoms with Crippen molar-refractivity contribution in [3.63, 3.8) is 0 Å². The van der Waals surface area contributed by atoms with Gasteiger partial charge in [0.1, 0.15) is 5.82 Å². The van der Waals surface area contributed by atoms with Gasteiger partial charge in [0, 0.05) is 37.0 Å². The zero-order valence-corrected chi connectivity index (χ0v) is 12.9. The number of aromatic nitrogens is 2. The van der Waals surface area contributed by atoms with Crippen molar-refractivity contribution in [1.82, 2.24) is 14.3 Å². The van der Waals surface area contributed by atoms with Gasteiger partial charge in [-0.1, -0.05) is 18.2 Å². The summed E-state index contributed by atoms with van der Waals surface area (Å²) in [5.41, 5.74) is 2.62. The molecule has 110 valence electrons. The first kappa shape index (κ1) is 14.2. The average molecular weight is 303 g/mol. The van der Waals surface area contributed by atoms with Gasteiger partial charge in [-0.05, 0) is 25.5 Å². The highest BCUT2D eigenvalue weighted by Gasteiger charge is 2.29. The Morgan fingerprint density at radius 3 is 2.71 bits per heavy atom. The smallest absolute Gasteiger partial charge is 0.241 e. The largest absolute Gasteiger partial charge is 0.243 e. The number of nitrogens with zero attached hydrogens (tertiary/aromatic N) is 3. The van der Waals surface area contributed by atoms with E-state index in [4.69, 9.17) is 0 Å². The zero-order valence-electron chi connectivity index (χ0n) is 12.1. The second kappa shape index (κ2) is 5.20. The predicted octanol–water partition coefficient (Wildman–Crippen LogP) is 1.84. The quantitative estimate of drug-likeness (QED) is 0.849. The third-order valence-corrected chi connectivity index (χ3v) is 5.74. The van der Waals surface area contributed by atoms with Gasteiger partial charge in [-0.25, -0.2) is 18.4 Å². The maximum atomic E-state index is 12.8. The Morgan fingerprint density at radius 2 is 1.95 bits per heavy atom. The van der Waals surface area contributed by atoms with Gasteiger partial charge in [-0.15, -0.1) is 0 Å². The molecule has 1 aromatic heterocycles. The van der Waals surface area contributed by atoms with Crippen LogP contribution in [0.25, 0.3) is 0 Å². The van der Waals surface area contributed by atoms with Gasteiger partial charge in [0.25, 0.3) is 0 Å². The number of hydrogen-bond acceptors (Lipinski definition) is 4. The summed E-state index contributed by atoms with van der Waals surface area (Å²) >= 11 is 0. The second-order valence-corrected chi connectivity index (χ2v) is 7.15. The molecule has 0 unspecified atom stereocenters. The molecule has 0 bridgehead atoms. The van der Waals surface area contributed by atoms with Crippen molar-refractivity contribution in [1.29, 1.82) is 0 Å². The first-order valence-electron chi connectivity index (χ1n) is 6.85. The minimum atomic E-state index is -3.47. The molecule has 0 saturated heterocycles. The molecule has 0 radical (unpaired) electrons. The number of fused-ring (bicyclic) bond motifs is 1. The fraction of sp³-hybridized carbons (Fsp3) is 0.333. The normalized spacial score (nSPS) is 15.7. The van der Waals surface area contributed by atoms with Crippen molar-refractivity contribution in [2.24, 2.45) is 0 Å². The van der Waals surface area contributed by atoms with Gasteiger partial charge in [0.05, 0.1) is 4.90 Å². The SMILES string of the molecule is Cc1ncc2c(n1)CCN(S(=O)(=O)c1ccccc1C)C2. The van der Waals surface area contributed by atoms with Crippen molar-refractivity contribution in [3.05, 3.63) is 53.1 Å². The van der Waals surface area contributed by atoms with Crippen LogP contribution in [-0.4, -0.2) is 29.2 Å². The topological polar surface area (TPSA) is 63.2 Å². The van der Waals surface area contributed by atoms with E-state index in [1.807, 2.05) is 26.0 Å². The standard InChI is InChI=1S/C15H17N3O2S/c1-11-5-3-4-6-15(11)21(19,20)18-8-7-14-13(10-18)9-16-12(2)17-14/h3-6,9H,7-8,10H2,1-2H3. The fourth-order valence-corrected chi connectivity index (χ4v) is 4.22. The number of hydrogen-bond donors (Lipinski definition) is 0. The molecule has 2 aromatic rings. The molecule has 0 saturated carbocycles. The summed E-state index contributed by atoms with van der Waals surface area (Å²) in [7, 11) is -3.47. The summed E-state index contributed by atoms with van der Waals surface area (Å²) in [6.45, 7) is 4.46. The lowest BCUT2D eigenvalue weighted by atomic mass is 10.1. The van der Waals surface area contributed by atoms with Gasteiger partial charge >= 0.3 is 0 Å². The maximum Gasteiger partial charge on any atom is 0.243 e. The summed E-state index contributed by atoms with van der Waals surface area (Å²) in [5.74, 6) is 0.726. The molecule has 0 N–H and O–H groups in total. The minimum Gasteiger partial charge on any atom is -0.241 e. The molecule has 0 fully saturated rings. The van der Waals surface area contributed by atoms with Crippen molar-refractivity contribution in [3.8, 4) is 0 Å². The van der Waals surface area contributed by atoms with E-state index in [0.717, 1.165) is 22.6 Å². The van der Waals surface area contributed by atoms with Crippen LogP contribution >= 0.6 is 0 Å². The molecule has 0 atom stereocenters.